The zero-order valence-electron chi connectivity index (χ0n) is 23.9. The third kappa shape index (κ3) is 15.9. The zero-order valence-corrected chi connectivity index (χ0v) is 24.7. The molecule has 8 N–H and O–H groups in total. The van der Waals surface area contributed by atoms with Crippen LogP contribution in [0.1, 0.15) is 53.9 Å². The number of non-ortho nitro benzene ring substituents is 1. The number of nitro groups is 1. The highest BCUT2D eigenvalue weighted by atomic mass is 35.5. The lowest BCUT2D eigenvalue weighted by Crippen LogP contribution is -2.52. The van der Waals surface area contributed by atoms with E-state index >= 15 is 0 Å². The number of rotatable bonds is 14. The Morgan fingerprint density at radius 1 is 1.02 bits per heavy atom. The summed E-state index contributed by atoms with van der Waals surface area (Å²) in [5, 5.41) is 21.0. The van der Waals surface area contributed by atoms with Crippen LogP contribution >= 0.6 is 12.4 Å². The van der Waals surface area contributed by atoms with Crippen LogP contribution in [0, 0.1) is 16.0 Å². The molecule has 4 amide bonds. The summed E-state index contributed by atoms with van der Waals surface area (Å²) in [5.41, 5.74) is 10.0. The summed E-state index contributed by atoms with van der Waals surface area (Å²) in [6.45, 7) is 8.59. The van der Waals surface area contributed by atoms with Gasteiger partial charge >= 0.3 is 6.09 Å². The first-order valence-corrected chi connectivity index (χ1v) is 12.7. The maximum Gasteiger partial charge on any atom is 0.408 e. The molecule has 15 nitrogen and oxygen atoms in total. The average molecular weight is 601 g/mol. The predicted octanol–water partition coefficient (Wildman–Crippen LogP) is 1.55. The number of guanidine groups is 1. The lowest BCUT2D eigenvalue weighted by Gasteiger charge is -2.24. The Labute approximate surface area is 245 Å². The van der Waals surface area contributed by atoms with Gasteiger partial charge in [-0.05, 0) is 58.1 Å². The van der Waals surface area contributed by atoms with Crippen LogP contribution in [0.25, 0.3) is 0 Å². The van der Waals surface area contributed by atoms with Gasteiger partial charge in [-0.25, -0.2) is 4.79 Å². The number of hydrogen-bond donors (Lipinski definition) is 6. The lowest BCUT2D eigenvalue weighted by atomic mass is 10.0. The van der Waals surface area contributed by atoms with E-state index in [2.05, 4.69) is 26.3 Å². The molecule has 0 aliphatic rings. The van der Waals surface area contributed by atoms with E-state index in [0.29, 0.717) is 12.8 Å². The van der Waals surface area contributed by atoms with Crippen molar-refractivity contribution in [2.45, 2.75) is 71.6 Å². The lowest BCUT2D eigenvalue weighted by molar-refractivity contribution is -0.384. The van der Waals surface area contributed by atoms with Gasteiger partial charge in [0, 0.05) is 24.4 Å². The fraction of sp³-hybridized carbons (Fsp3) is 0.560. The first kappa shape index (κ1) is 36.9. The van der Waals surface area contributed by atoms with Gasteiger partial charge < -0.3 is 37.5 Å². The standard InChI is InChI=1S/C25H40N8O7.ClH/c1-15(2)13-19(32-24(37)40-25(3,4)5)21(35)29-14-20(34)31-18(7-6-12-28-23(26)27)22(36)30-16-8-10-17(11-9-16)33(38)39;/h8-11,15,18-19H,6-7,12-14H2,1-5H3,(H,29,35)(H,30,36)(H,31,34)(H,32,37)(H4,26,27,28);1H/t18-,19-;/m0./s1. The second kappa shape index (κ2) is 17.5. The second-order valence-electron chi connectivity index (χ2n) is 10.4. The van der Waals surface area contributed by atoms with Crippen LogP contribution in [-0.4, -0.2) is 65.5 Å². The number of halogens is 1. The Kier molecular flexibility index (Phi) is 15.8. The molecule has 1 rings (SSSR count). The molecule has 0 aromatic heterocycles. The molecule has 2 atom stereocenters. The molecule has 0 aliphatic heterocycles. The maximum atomic E-state index is 12.9. The third-order valence-electron chi connectivity index (χ3n) is 5.08. The summed E-state index contributed by atoms with van der Waals surface area (Å²) in [6, 6.07) is 3.22. The van der Waals surface area contributed by atoms with Crippen molar-refractivity contribution in [3.8, 4) is 0 Å². The van der Waals surface area contributed by atoms with E-state index in [0.717, 1.165) is 0 Å². The third-order valence-corrected chi connectivity index (χ3v) is 5.08. The summed E-state index contributed by atoms with van der Waals surface area (Å²) < 4.78 is 5.22. The number of carbonyl (C=O) groups is 4. The summed E-state index contributed by atoms with van der Waals surface area (Å²) in [5.74, 6) is -1.89. The van der Waals surface area contributed by atoms with Crippen molar-refractivity contribution in [3.05, 3.63) is 34.4 Å². The molecule has 1 aromatic rings. The molecule has 0 fully saturated rings. The molecule has 0 radical (unpaired) electrons. The molecular weight excluding hydrogens is 560 g/mol. The monoisotopic (exact) mass is 600 g/mol. The Morgan fingerprint density at radius 3 is 2.15 bits per heavy atom. The van der Waals surface area contributed by atoms with E-state index in [1.54, 1.807) is 20.8 Å². The highest BCUT2D eigenvalue weighted by Gasteiger charge is 2.26. The number of alkyl carbamates (subject to hydrolysis) is 1. The predicted molar refractivity (Wildman–Crippen MR) is 156 cm³/mol. The van der Waals surface area contributed by atoms with Gasteiger partial charge in [0.05, 0.1) is 11.5 Å². The molecule has 0 heterocycles. The fourth-order valence-electron chi connectivity index (χ4n) is 3.36. The molecule has 0 aliphatic carbocycles. The number of aliphatic imine (C=N–C) groups is 1. The summed E-state index contributed by atoms with van der Waals surface area (Å²) >= 11 is 0. The van der Waals surface area contributed by atoms with E-state index in [4.69, 9.17) is 16.2 Å². The number of nitrogens with two attached hydrogens (primary N) is 2. The normalized spacial score (nSPS) is 12.1. The second-order valence-corrected chi connectivity index (χ2v) is 10.4. The minimum atomic E-state index is -1.03. The minimum absolute atomic E-state index is 0. The van der Waals surface area contributed by atoms with Gasteiger partial charge in [-0.1, -0.05) is 13.8 Å². The smallest absolute Gasteiger partial charge is 0.408 e. The Morgan fingerprint density at radius 2 is 1.63 bits per heavy atom. The van der Waals surface area contributed by atoms with Gasteiger partial charge in [0.15, 0.2) is 5.96 Å². The van der Waals surface area contributed by atoms with E-state index in [-0.39, 0.29) is 48.6 Å². The number of nitrogens with one attached hydrogen (secondary N) is 4. The van der Waals surface area contributed by atoms with Gasteiger partial charge in [-0.2, -0.15) is 0 Å². The van der Waals surface area contributed by atoms with Crippen molar-refractivity contribution >= 4 is 53.6 Å². The van der Waals surface area contributed by atoms with Gasteiger partial charge in [0.1, 0.15) is 17.7 Å². The summed E-state index contributed by atoms with van der Waals surface area (Å²) in [4.78, 5) is 64.7. The largest absolute Gasteiger partial charge is 0.444 e. The molecule has 0 spiro atoms. The van der Waals surface area contributed by atoms with Crippen molar-refractivity contribution in [2.24, 2.45) is 22.4 Å². The molecule has 16 heteroatoms. The van der Waals surface area contributed by atoms with E-state index in [1.807, 2.05) is 13.8 Å². The number of nitro benzene ring substituents is 1. The number of carbonyl (C=O) groups excluding carboxylic acids is 4. The van der Waals surface area contributed by atoms with Gasteiger partial charge in [0.2, 0.25) is 17.7 Å². The maximum absolute atomic E-state index is 12.9. The van der Waals surface area contributed by atoms with Crippen LogP contribution in [0.4, 0.5) is 16.2 Å². The zero-order chi connectivity index (χ0) is 30.5. The molecule has 230 valence electrons. The number of hydrogen-bond acceptors (Lipinski definition) is 8. The van der Waals surface area contributed by atoms with Crippen molar-refractivity contribution in [2.75, 3.05) is 18.4 Å². The van der Waals surface area contributed by atoms with Crippen LogP contribution < -0.4 is 32.7 Å². The quantitative estimate of drug-likeness (QED) is 0.0596. The molecule has 1 aromatic carbocycles. The SMILES string of the molecule is CC(C)C[C@H](NC(=O)OC(C)(C)C)C(=O)NCC(=O)N[C@@H](CCCN=C(N)N)C(=O)Nc1ccc([N+](=O)[O-])cc1.Cl. The molecule has 0 bridgehead atoms. The van der Waals surface area contributed by atoms with Gasteiger partial charge in [-0.15, -0.1) is 12.4 Å². The number of ether oxygens (including phenoxy) is 1. The molecular formula is C25H41ClN8O7. The van der Waals surface area contributed by atoms with Crippen molar-refractivity contribution in [1.82, 2.24) is 16.0 Å². The highest BCUT2D eigenvalue weighted by molar-refractivity contribution is 5.98. The Balaban J connectivity index is 0.0000160. The topological polar surface area (TPSA) is 233 Å². The fourth-order valence-corrected chi connectivity index (χ4v) is 3.36. The number of nitrogens with zero attached hydrogens (tertiary/aromatic N) is 2. The first-order chi connectivity index (χ1) is 18.6. The van der Waals surface area contributed by atoms with Crippen LogP contribution in [-0.2, 0) is 19.1 Å². The summed E-state index contributed by atoms with van der Waals surface area (Å²) in [6.07, 6.45) is 0.0454. The van der Waals surface area contributed by atoms with E-state index in [9.17, 15) is 29.3 Å². The van der Waals surface area contributed by atoms with E-state index in [1.165, 1.54) is 24.3 Å². The summed E-state index contributed by atoms with van der Waals surface area (Å²) in [7, 11) is 0. The van der Waals surface area contributed by atoms with Crippen LogP contribution in [0.3, 0.4) is 0 Å². The first-order valence-electron chi connectivity index (χ1n) is 12.7. The van der Waals surface area contributed by atoms with E-state index < -0.39 is 53.0 Å². The Hall–Kier alpha value is -4.14. The number of benzene rings is 1. The highest BCUT2D eigenvalue weighted by Crippen LogP contribution is 2.16. The van der Waals surface area contributed by atoms with Crippen molar-refractivity contribution < 1.29 is 28.8 Å². The molecule has 0 unspecified atom stereocenters. The minimum Gasteiger partial charge on any atom is -0.444 e. The molecule has 0 saturated carbocycles. The van der Waals surface area contributed by atoms with Crippen molar-refractivity contribution in [3.63, 3.8) is 0 Å². The number of anilines is 1. The van der Waals surface area contributed by atoms with Crippen molar-refractivity contribution in [1.29, 1.82) is 0 Å². The van der Waals surface area contributed by atoms with Gasteiger partial charge in [0.25, 0.3) is 5.69 Å². The molecule has 0 saturated heterocycles. The Bertz CT molecular complexity index is 1070. The van der Waals surface area contributed by atoms with Crippen LogP contribution in [0.15, 0.2) is 29.3 Å². The average Bonchev–Trinajstić information content (AvgIpc) is 2.82. The van der Waals surface area contributed by atoms with Gasteiger partial charge in [-0.3, -0.25) is 29.5 Å². The number of amides is 4. The van der Waals surface area contributed by atoms with Crippen LogP contribution in [0.2, 0.25) is 0 Å². The molecule has 41 heavy (non-hydrogen) atoms. The van der Waals surface area contributed by atoms with Crippen LogP contribution in [0.5, 0.6) is 0 Å².